The molecule has 1 saturated heterocycles. The fourth-order valence-electron chi connectivity index (χ4n) is 2.45. The van der Waals surface area contributed by atoms with E-state index in [9.17, 15) is 4.79 Å². The van der Waals surface area contributed by atoms with Crippen molar-refractivity contribution in [3.05, 3.63) is 35.0 Å². The molecule has 18 heavy (non-hydrogen) atoms. The summed E-state index contributed by atoms with van der Waals surface area (Å²) in [5.74, 6) is 0. The number of fused-ring (bicyclic) bond motifs is 1. The van der Waals surface area contributed by atoms with Gasteiger partial charge in [0, 0.05) is 23.8 Å². The Kier molecular flexibility index (Phi) is 3.06. The lowest BCUT2D eigenvalue weighted by molar-refractivity contribution is 0.346. The normalized spacial score (nSPS) is 20.1. The first-order valence-corrected chi connectivity index (χ1v) is 6.38. The Morgan fingerprint density at radius 1 is 1.39 bits per heavy atom. The van der Waals surface area contributed by atoms with Gasteiger partial charge in [-0.3, -0.25) is 9.78 Å². The Hall–Kier alpha value is -1.75. The number of nitrogens with zero attached hydrogens (tertiary/aromatic N) is 3. The van der Waals surface area contributed by atoms with Gasteiger partial charge in [-0.2, -0.15) is 5.10 Å². The SMILES string of the molecule is O=c1c2ccncc2cnn1C[C@H]1CCCCN1. The van der Waals surface area contributed by atoms with Crippen molar-refractivity contribution in [2.75, 3.05) is 6.54 Å². The molecular weight excluding hydrogens is 228 g/mol. The van der Waals surface area contributed by atoms with E-state index in [2.05, 4.69) is 15.4 Å². The highest BCUT2D eigenvalue weighted by Gasteiger charge is 2.14. The molecule has 2 aromatic rings. The van der Waals surface area contributed by atoms with Gasteiger partial charge < -0.3 is 5.32 Å². The fraction of sp³-hybridized carbons (Fsp3) is 0.462. The van der Waals surface area contributed by atoms with Crippen molar-refractivity contribution in [3.63, 3.8) is 0 Å². The molecule has 0 amide bonds. The van der Waals surface area contributed by atoms with Gasteiger partial charge in [0.15, 0.2) is 0 Å². The molecule has 0 spiro atoms. The van der Waals surface area contributed by atoms with Gasteiger partial charge in [0.1, 0.15) is 0 Å². The van der Waals surface area contributed by atoms with E-state index in [1.54, 1.807) is 29.3 Å². The fourth-order valence-corrected chi connectivity index (χ4v) is 2.45. The summed E-state index contributed by atoms with van der Waals surface area (Å²) in [7, 11) is 0. The maximum absolute atomic E-state index is 12.2. The zero-order valence-corrected chi connectivity index (χ0v) is 10.2. The van der Waals surface area contributed by atoms with Crippen LogP contribution in [0.3, 0.4) is 0 Å². The zero-order chi connectivity index (χ0) is 12.4. The molecule has 0 aliphatic carbocycles. The van der Waals surface area contributed by atoms with E-state index >= 15 is 0 Å². The lowest BCUT2D eigenvalue weighted by Crippen LogP contribution is -2.40. The molecule has 0 saturated carbocycles. The lowest BCUT2D eigenvalue weighted by Gasteiger charge is -2.23. The number of pyridine rings is 1. The molecule has 1 atom stereocenters. The molecule has 5 heteroatoms. The van der Waals surface area contributed by atoms with Crippen molar-refractivity contribution in [1.82, 2.24) is 20.1 Å². The van der Waals surface area contributed by atoms with Gasteiger partial charge in [0.05, 0.1) is 18.1 Å². The van der Waals surface area contributed by atoms with Crippen LogP contribution >= 0.6 is 0 Å². The van der Waals surface area contributed by atoms with Gasteiger partial charge >= 0.3 is 0 Å². The second kappa shape index (κ2) is 4.86. The van der Waals surface area contributed by atoms with Crippen molar-refractivity contribution in [1.29, 1.82) is 0 Å². The van der Waals surface area contributed by atoms with E-state index in [1.807, 2.05) is 0 Å². The minimum Gasteiger partial charge on any atom is -0.312 e. The minimum atomic E-state index is -0.0257. The smallest absolute Gasteiger partial charge is 0.274 e. The van der Waals surface area contributed by atoms with Gasteiger partial charge in [-0.25, -0.2) is 4.68 Å². The van der Waals surface area contributed by atoms with Crippen LogP contribution in [0.2, 0.25) is 0 Å². The van der Waals surface area contributed by atoms with Crippen LogP contribution in [0, 0.1) is 0 Å². The van der Waals surface area contributed by atoms with Crippen LogP contribution in [0.1, 0.15) is 19.3 Å². The maximum Gasteiger partial charge on any atom is 0.274 e. The lowest BCUT2D eigenvalue weighted by atomic mass is 10.1. The van der Waals surface area contributed by atoms with Crippen LogP contribution in [0.25, 0.3) is 10.8 Å². The minimum absolute atomic E-state index is 0.0257. The highest BCUT2D eigenvalue weighted by molar-refractivity contribution is 5.79. The van der Waals surface area contributed by atoms with E-state index in [4.69, 9.17) is 0 Å². The molecule has 3 heterocycles. The summed E-state index contributed by atoms with van der Waals surface area (Å²) in [4.78, 5) is 16.2. The molecule has 5 nitrogen and oxygen atoms in total. The van der Waals surface area contributed by atoms with Crippen LogP contribution in [0.15, 0.2) is 29.5 Å². The first-order chi connectivity index (χ1) is 8.84. The van der Waals surface area contributed by atoms with E-state index in [0.717, 1.165) is 18.4 Å². The second-order valence-electron chi connectivity index (χ2n) is 4.74. The zero-order valence-electron chi connectivity index (χ0n) is 10.2. The molecule has 0 aromatic carbocycles. The summed E-state index contributed by atoms with van der Waals surface area (Å²) < 4.78 is 1.56. The number of piperidine rings is 1. The van der Waals surface area contributed by atoms with E-state index in [-0.39, 0.29) is 5.56 Å². The molecule has 1 aliphatic heterocycles. The Labute approximate surface area is 105 Å². The van der Waals surface area contributed by atoms with Crippen molar-refractivity contribution >= 4 is 10.8 Å². The van der Waals surface area contributed by atoms with Crippen molar-refractivity contribution in [2.24, 2.45) is 0 Å². The first kappa shape index (κ1) is 11.3. The molecule has 0 bridgehead atoms. The van der Waals surface area contributed by atoms with Crippen LogP contribution in [0.5, 0.6) is 0 Å². The third-order valence-corrected chi connectivity index (χ3v) is 3.46. The van der Waals surface area contributed by atoms with E-state index < -0.39 is 0 Å². The molecule has 94 valence electrons. The van der Waals surface area contributed by atoms with E-state index in [1.165, 1.54) is 12.8 Å². The predicted molar refractivity (Wildman–Crippen MR) is 69.4 cm³/mol. The molecule has 0 radical (unpaired) electrons. The largest absolute Gasteiger partial charge is 0.312 e. The quantitative estimate of drug-likeness (QED) is 0.854. The van der Waals surface area contributed by atoms with Gasteiger partial charge in [-0.05, 0) is 25.5 Å². The van der Waals surface area contributed by atoms with Crippen molar-refractivity contribution < 1.29 is 0 Å². The number of rotatable bonds is 2. The topological polar surface area (TPSA) is 59.8 Å². The Morgan fingerprint density at radius 3 is 3.17 bits per heavy atom. The molecule has 1 aliphatic rings. The summed E-state index contributed by atoms with van der Waals surface area (Å²) in [6.45, 7) is 1.69. The standard InChI is InChI=1S/C13H16N4O/c18-13-12-4-6-14-7-10(12)8-16-17(13)9-11-3-1-2-5-15-11/h4,6-8,11,15H,1-3,5,9H2/t11-/m1/s1. The molecule has 0 unspecified atom stereocenters. The maximum atomic E-state index is 12.2. The number of nitrogens with one attached hydrogen (secondary N) is 1. The van der Waals surface area contributed by atoms with Crippen LogP contribution < -0.4 is 10.9 Å². The van der Waals surface area contributed by atoms with Crippen molar-refractivity contribution in [3.8, 4) is 0 Å². The summed E-state index contributed by atoms with van der Waals surface area (Å²) in [5, 5.41) is 9.15. The number of hydrogen-bond acceptors (Lipinski definition) is 4. The monoisotopic (exact) mass is 244 g/mol. The Morgan fingerprint density at radius 2 is 2.33 bits per heavy atom. The summed E-state index contributed by atoms with van der Waals surface area (Å²) in [5.41, 5.74) is -0.0257. The number of hydrogen-bond donors (Lipinski definition) is 1. The van der Waals surface area contributed by atoms with E-state index in [0.29, 0.717) is 18.0 Å². The van der Waals surface area contributed by atoms with Crippen LogP contribution in [0.4, 0.5) is 0 Å². The molecule has 2 aromatic heterocycles. The number of aromatic nitrogens is 3. The van der Waals surface area contributed by atoms with Crippen LogP contribution in [-0.2, 0) is 6.54 Å². The van der Waals surface area contributed by atoms with Gasteiger partial charge in [0.2, 0.25) is 0 Å². The van der Waals surface area contributed by atoms with Gasteiger partial charge in [-0.15, -0.1) is 0 Å². The highest BCUT2D eigenvalue weighted by atomic mass is 16.1. The molecule has 1 fully saturated rings. The highest BCUT2D eigenvalue weighted by Crippen LogP contribution is 2.09. The average Bonchev–Trinajstić information content (AvgIpc) is 2.43. The second-order valence-corrected chi connectivity index (χ2v) is 4.74. The van der Waals surface area contributed by atoms with Gasteiger partial charge in [0.25, 0.3) is 5.56 Å². The summed E-state index contributed by atoms with van der Waals surface area (Å²) >= 11 is 0. The molecular formula is C13H16N4O. The third-order valence-electron chi connectivity index (χ3n) is 3.46. The summed E-state index contributed by atoms with van der Waals surface area (Å²) in [6.07, 6.45) is 8.60. The third kappa shape index (κ3) is 2.13. The van der Waals surface area contributed by atoms with Crippen molar-refractivity contribution in [2.45, 2.75) is 31.8 Å². The Bertz CT molecular complexity index is 601. The first-order valence-electron chi connectivity index (χ1n) is 6.38. The molecule has 1 N–H and O–H groups in total. The molecule has 3 rings (SSSR count). The predicted octanol–water partition coefficient (Wildman–Crippen LogP) is 0.934. The van der Waals surface area contributed by atoms with Crippen LogP contribution in [-0.4, -0.2) is 27.4 Å². The summed E-state index contributed by atoms with van der Waals surface area (Å²) in [6, 6.07) is 2.12. The van der Waals surface area contributed by atoms with Gasteiger partial charge in [-0.1, -0.05) is 6.42 Å². The average molecular weight is 244 g/mol. The Balaban J connectivity index is 1.92.